The topological polar surface area (TPSA) is 67.2 Å². The number of carbonyl (C=O) groups excluding carboxylic acids is 1. The highest BCUT2D eigenvalue weighted by molar-refractivity contribution is 5.84. The molecule has 2 amide bonds. The Bertz CT molecular complexity index is 1030. The minimum absolute atomic E-state index is 0.116. The monoisotopic (exact) mass is 392 g/mol. The molecule has 0 fully saturated rings. The minimum atomic E-state index is -0.139. The average Bonchev–Trinajstić information content (AvgIpc) is 2.75. The van der Waals surface area contributed by atoms with Crippen molar-refractivity contribution >= 4 is 16.8 Å². The first-order chi connectivity index (χ1) is 14.0. The Balaban J connectivity index is 1.76. The maximum Gasteiger partial charge on any atom is 0.317 e. The lowest BCUT2D eigenvalue weighted by Crippen LogP contribution is -2.46. The number of hydrogen-bond donors (Lipinski definition) is 1. The fourth-order valence-corrected chi connectivity index (χ4v) is 3.70. The van der Waals surface area contributed by atoms with Gasteiger partial charge in [0.2, 0.25) is 0 Å². The number of amides is 2. The number of fused-ring (bicyclic) bond motifs is 1. The van der Waals surface area contributed by atoms with Crippen molar-refractivity contribution in [3.05, 3.63) is 76.2 Å². The SMILES string of the molecule is CCC(Cc1ccccc1)N(CC)C(=O)NCc1nn(C)c(=O)c2ccccc12. The van der Waals surface area contributed by atoms with Gasteiger partial charge in [0.15, 0.2) is 0 Å². The first-order valence-electron chi connectivity index (χ1n) is 10.1. The smallest absolute Gasteiger partial charge is 0.317 e. The van der Waals surface area contributed by atoms with Crippen LogP contribution in [-0.4, -0.2) is 33.3 Å². The Morgan fingerprint density at radius 3 is 2.38 bits per heavy atom. The molecule has 0 saturated carbocycles. The van der Waals surface area contributed by atoms with Gasteiger partial charge in [-0.2, -0.15) is 5.10 Å². The second-order valence-corrected chi connectivity index (χ2v) is 7.12. The molecule has 3 aromatic rings. The third-order valence-electron chi connectivity index (χ3n) is 5.27. The fraction of sp³-hybridized carbons (Fsp3) is 0.348. The third kappa shape index (κ3) is 4.65. The van der Waals surface area contributed by atoms with Crippen LogP contribution in [0.15, 0.2) is 59.4 Å². The van der Waals surface area contributed by atoms with Gasteiger partial charge in [-0.25, -0.2) is 9.48 Å². The molecule has 0 aliphatic carbocycles. The van der Waals surface area contributed by atoms with Crippen molar-refractivity contribution in [1.82, 2.24) is 20.0 Å². The summed E-state index contributed by atoms with van der Waals surface area (Å²) in [6.07, 6.45) is 1.69. The number of likely N-dealkylation sites (N-methyl/N-ethyl adjacent to an activating group) is 1. The summed E-state index contributed by atoms with van der Waals surface area (Å²) in [6, 6.07) is 17.6. The number of aromatic nitrogens is 2. The maximum absolute atomic E-state index is 12.9. The fourth-order valence-electron chi connectivity index (χ4n) is 3.70. The van der Waals surface area contributed by atoms with E-state index in [1.807, 2.05) is 48.2 Å². The lowest BCUT2D eigenvalue weighted by Gasteiger charge is -2.30. The van der Waals surface area contributed by atoms with Gasteiger partial charge in [0.05, 0.1) is 17.6 Å². The Hall–Kier alpha value is -3.15. The number of rotatable bonds is 7. The van der Waals surface area contributed by atoms with Gasteiger partial charge in [-0.05, 0) is 31.4 Å². The molecule has 29 heavy (non-hydrogen) atoms. The van der Waals surface area contributed by atoms with E-state index in [-0.39, 0.29) is 24.2 Å². The van der Waals surface area contributed by atoms with Gasteiger partial charge in [-0.1, -0.05) is 55.5 Å². The predicted octanol–water partition coefficient (Wildman–Crippen LogP) is 3.49. The molecule has 1 heterocycles. The Morgan fingerprint density at radius 1 is 1.07 bits per heavy atom. The van der Waals surface area contributed by atoms with Crippen LogP contribution in [0.5, 0.6) is 0 Å². The van der Waals surface area contributed by atoms with Gasteiger partial charge in [0.25, 0.3) is 5.56 Å². The second-order valence-electron chi connectivity index (χ2n) is 7.12. The zero-order chi connectivity index (χ0) is 20.8. The summed E-state index contributed by atoms with van der Waals surface area (Å²) in [5, 5.41) is 8.74. The first kappa shape index (κ1) is 20.6. The van der Waals surface area contributed by atoms with Crippen molar-refractivity contribution in [2.45, 2.75) is 39.3 Å². The minimum Gasteiger partial charge on any atom is -0.332 e. The second kappa shape index (κ2) is 9.37. The van der Waals surface area contributed by atoms with E-state index >= 15 is 0 Å². The van der Waals surface area contributed by atoms with Crippen LogP contribution >= 0.6 is 0 Å². The van der Waals surface area contributed by atoms with Crippen molar-refractivity contribution in [3.63, 3.8) is 0 Å². The molecule has 0 spiro atoms. The van der Waals surface area contributed by atoms with E-state index in [4.69, 9.17) is 0 Å². The van der Waals surface area contributed by atoms with Crippen LogP contribution in [0.3, 0.4) is 0 Å². The van der Waals surface area contributed by atoms with Crippen molar-refractivity contribution in [2.24, 2.45) is 7.05 Å². The highest BCUT2D eigenvalue weighted by Gasteiger charge is 2.21. The van der Waals surface area contributed by atoms with E-state index < -0.39 is 0 Å². The van der Waals surface area contributed by atoms with E-state index in [1.165, 1.54) is 10.2 Å². The molecule has 1 unspecified atom stereocenters. The molecule has 0 radical (unpaired) electrons. The lowest BCUT2D eigenvalue weighted by molar-refractivity contribution is 0.175. The summed E-state index contributed by atoms with van der Waals surface area (Å²) >= 11 is 0. The van der Waals surface area contributed by atoms with Crippen LogP contribution < -0.4 is 10.9 Å². The summed E-state index contributed by atoms with van der Waals surface area (Å²) in [5.41, 5.74) is 1.76. The van der Waals surface area contributed by atoms with Gasteiger partial charge < -0.3 is 10.2 Å². The highest BCUT2D eigenvalue weighted by Crippen LogP contribution is 2.15. The van der Waals surface area contributed by atoms with Crippen LogP contribution in [-0.2, 0) is 20.0 Å². The van der Waals surface area contributed by atoms with E-state index in [0.717, 1.165) is 18.2 Å². The lowest BCUT2D eigenvalue weighted by atomic mass is 10.0. The molecule has 0 saturated heterocycles. The number of urea groups is 1. The highest BCUT2D eigenvalue weighted by atomic mass is 16.2. The van der Waals surface area contributed by atoms with Crippen molar-refractivity contribution in [2.75, 3.05) is 6.54 Å². The summed E-state index contributed by atoms with van der Waals surface area (Å²) in [4.78, 5) is 27.1. The van der Waals surface area contributed by atoms with Crippen LogP contribution in [0, 0.1) is 0 Å². The molecule has 0 bridgehead atoms. The molecule has 1 N–H and O–H groups in total. The third-order valence-corrected chi connectivity index (χ3v) is 5.27. The molecule has 6 nitrogen and oxygen atoms in total. The van der Waals surface area contributed by atoms with Crippen LogP contribution in [0.4, 0.5) is 4.79 Å². The standard InChI is InChI=1S/C23H28N4O2/c1-4-18(15-17-11-7-6-8-12-17)27(5-2)23(29)24-16-21-19-13-9-10-14-20(19)22(28)26(3)25-21/h6-14,18H,4-5,15-16H2,1-3H3,(H,24,29). The number of benzene rings is 2. The number of hydrogen-bond acceptors (Lipinski definition) is 3. The molecule has 0 aliphatic rings. The summed E-state index contributed by atoms with van der Waals surface area (Å²) in [5.74, 6) is 0. The van der Waals surface area contributed by atoms with Crippen LogP contribution in [0.25, 0.3) is 10.8 Å². The number of nitrogens with one attached hydrogen (secondary N) is 1. The molecular formula is C23H28N4O2. The quantitative estimate of drug-likeness (QED) is 0.669. The van der Waals surface area contributed by atoms with Gasteiger partial charge in [-0.3, -0.25) is 4.79 Å². The van der Waals surface area contributed by atoms with Crippen molar-refractivity contribution < 1.29 is 4.79 Å². The number of nitrogens with zero attached hydrogens (tertiary/aromatic N) is 3. The maximum atomic E-state index is 12.9. The molecule has 1 atom stereocenters. The van der Waals surface area contributed by atoms with E-state index in [9.17, 15) is 9.59 Å². The normalized spacial score (nSPS) is 12.0. The predicted molar refractivity (Wildman–Crippen MR) is 116 cm³/mol. The van der Waals surface area contributed by atoms with Gasteiger partial charge in [0.1, 0.15) is 0 Å². The van der Waals surface area contributed by atoms with E-state index in [1.54, 1.807) is 13.1 Å². The summed E-state index contributed by atoms with van der Waals surface area (Å²) in [7, 11) is 1.63. The molecule has 6 heteroatoms. The molecule has 1 aromatic heterocycles. The zero-order valence-corrected chi connectivity index (χ0v) is 17.3. The first-order valence-corrected chi connectivity index (χ1v) is 10.1. The van der Waals surface area contributed by atoms with E-state index in [0.29, 0.717) is 17.6 Å². The number of aryl methyl sites for hydroxylation is 1. The largest absolute Gasteiger partial charge is 0.332 e. The van der Waals surface area contributed by atoms with Gasteiger partial charge >= 0.3 is 6.03 Å². The summed E-state index contributed by atoms with van der Waals surface area (Å²) < 4.78 is 1.33. The Kier molecular flexibility index (Phi) is 6.65. The Morgan fingerprint density at radius 2 is 1.72 bits per heavy atom. The molecule has 0 aliphatic heterocycles. The van der Waals surface area contributed by atoms with E-state index in [2.05, 4.69) is 29.5 Å². The van der Waals surface area contributed by atoms with Gasteiger partial charge in [0, 0.05) is 25.0 Å². The molecule has 152 valence electrons. The van der Waals surface area contributed by atoms with Crippen molar-refractivity contribution in [1.29, 1.82) is 0 Å². The molecular weight excluding hydrogens is 364 g/mol. The van der Waals surface area contributed by atoms with Crippen molar-refractivity contribution in [3.8, 4) is 0 Å². The Labute approximate surface area is 171 Å². The zero-order valence-electron chi connectivity index (χ0n) is 17.3. The summed E-state index contributed by atoms with van der Waals surface area (Å²) in [6.45, 7) is 4.99. The molecule has 3 rings (SSSR count). The van der Waals surface area contributed by atoms with Crippen LogP contribution in [0.2, 0.25) is 0 Å². The molecule has 2 aromatic carbocycles. The number of carbonyl (C=O) groups is 1. The van der Waals surface area contributed by atoms with Gasteiger partial charge in [-0.15, -0.1) is 0 Å². The van der Waals surface area contributed by atoms with Crippen LogP contribution in [0.1, 0.15) is 31.5 Å². The average molecular weight is 393 g/mol.